The average Bonchev–Trinajstić information content (AvgIpc) is 2.40. The van der Waals surface area contributed by atoms with Gasteiger partial charge in [0.05, 0.1) is 12.7 Å². The summed E-state index contributed by atoms with van der Waals surface area (Å²) < 4.78 is 10.8. The highest BCUT2D eigenvalue weighted by Gasteiger charge is 2.28. The minimum Gasteiger partial charge on any atom is -0.381 e. The summed E-state index contributed by atoms with van der Waals surface area (Å²) in [7, 11) is 0. The molecular weight excluding hydrogens is 268 g/mol. The molecule has 6 heteroatoms. The summed E-state index contributed by atoms with van der Waals surface area (Å²) in [4.78, 5) is 12.0. The number of amides is 1. The Balaban J connectivity index is 0.00000180. The Hall–Kier alpha value is -0.360. The van der Waals surface area contributed by atoms with Crippen LogP contribution in [0.3, 0.4) is 0 Å². The van der Waals surface area contributed by atoms with E-state index >= 15 is 0 Å². The fourth-order valence-corrected chi connectivity index (χ4v) is 2.57. The minimum atomic E-state index is -0.201. The van der Waals surface area contributed by atoms with Crippen LogP contribution < -0.4 is 10.6 Å². The molecule has 0 bridgehead atoms. The zero-order valence-corrected chi connectivity index (χ0v) is 12.3. The lowest BCUT2D eigenvalue weighted by Gasteiger charge is -2.29. The van der Waals surface area contributed by atoms with Crippen molar-refractivity contribution in [2.24, 2.45) is 5.92 Å². The van der Waals surface area contributed by atoms with Gasteiger partial charge in [-0.15, -0.1) is 12.4 Å². The zero-order valence-electron chi connectivity index (χ0n) is 11.5. The fraction of sp³-hybridized carbons (Fsp3) is 0.923. The summed E-state index contributed by atoms with van der Waals surface area (Å²) in [6.45, 7) is 5.88. The molecule has 2 atom stereocenters. The highest BCUT2D eigenvalue weighted by atomic mass is 35.5. The fourth-order valence-electron chi connectivity index (χ4n) is 2.57. The summed E-state index contributed by atoms with van der Waals surface area (Å²) in [5.41, 5.74) is 0. The zero-order chi connectivity index (χ0) is 12.8. The topological polar surface area (TPSA) is 59.6 Å². The molecule has 2 aliphatic rings. The van der Waals surface area contributed by atoms with Gasteiger partial charge in [-0.1, -0.05) is 0 Å². The Morgan fingerprint density at radius 1 is 1.32 bits per heavy atom. The van der Waals surface area contributed by atoms with E-state index in [4.69, 9.17) is 9.47 Å². The first-order valence-corrected chi connectivity index (χ1v) is 6.98. The number of rotatable bonds is 4. The van der Waals surface area contributed by atoms with Crippen LogP contribution in [0, 0.1) is 5.92 Å². The molecule has 0 unspecified atom stereocenters. The SMILES string of the molecule is C[C@H]1OCCN[C@@H]1C(=O)NCCC1CCOCC1.Cl. The first-order valence-electron chi connectivity index (χ1n) is 6.98. The number of nitrogens with one attached hydrogen (secondary N) is 2. The van der Waals surface area contributed by atoms with Gasteiger partial charge < -0.3 is 20.1 Å². The first-order chi connectivity index (χ1) is 8.77. The smallest absolute Gasteiger partial charge is 0.239 e. The van der Waals surface area contributed by atoms with Gasteiger partial charge in [-0.05, 0) is 32.1 Å². The molecule has 0 spiro atoms. The standard InChI is InChI=1S/C13H24N2O3.ClH/c1-10-12(14-6-9-18-10)13(16)15-5-2-11-3-7-17-8-4-11;/h10-12,14H,2-9H2,1H3,(H,15,16);1H/t10-,12+;/m1./s1. The van der Waals surface area contributed by atoms with Crippen molar-refractivity contribution in [2.45, 2.75) is 38.3 Å². The Morgan fingerprint density at radius 3 is 2.74 bits per heavy atom. The first kappa shape index (κ1) is 16.7. The summed E-state index contributed by atoms with van der Waals surface area (Å²) in [5, 5.41) is 6.21. The molecule has 0 radical (unpaired) electrons. The van der Waals surface area contributed by atoms with Crippen LogP contribution in [0.15, 0.2) is 0 Å². The molecule has 0 aromatic carbocycles. The second-order valence-corrected chi connectivity index (χ2v) is 5.14. The molecule has 0 aromatic rings. The van der Waals surface area contributed by atoms with Crippen LogP contribution in [-0.2, 0) is 14.3 Å². The number of halogens is 1. The Morgan fingerprint density at radius 2 is 2.05 bits per heavy atom. The van der Waals surface area contributed by atoms with E-state index in [0.29, 0.717) is 12.5 Å². The van der Waals surface area contributed by atoms with E-state index in [2.05, 4.69) is 10.6 Å². The van der Waals surface area contributed by atoms with Crippen LogP contribution >= 0.6 is 12.4 Å². The van der Waals surface area contributed by atoms with Gasteiger partial charge in [-0.2, -0.15) is 0 Å². The predicted molar refractivity (Wildman–Crippen MR) is 75.6 cm³/mol. The molecule has 2 fully saturated rings. The third-order valence-corrected chi connectivity index (χ3v) is 3.79. The molecule has 5 nitrogen and oxygen atoms in total. The van der Waals surface area contributed by atoms with Crippen molar-refractivity contribution < 1.29 is 14.3 Å². The van der Waals surface area contributed by atoms with E-state index in [-0.39, 0.29) is 30.5 Å². The number of morpholine rings is 1. The third kappa shape index (κ3) is 5.26. The summed E-state index contributed by atoms with van der Waals surface area (Å²) in [6, 6.07) is -0.201. The van der Waals surface area contributed by atoms with Crippen molar-refractivity contribution in [1.29, 1.82) is 0 Å². The summed E-state index contributed by atoms with van der Waals surface area (Å²) >= 11 is 0. The Kier molecular flexibility index (Phi) is 7.68. The van der Waals surface area contributed by atoms with Gasteiger partial charge in [0.25, 0.3) is 0 Å². The van der Waals surface area contributed by atoms with E-state index in [0.717, 1.165) is 45.6 Å². The largest absolute Gasteiger partial charge is 0.381 e. The van der Waals surface area contributed by atoms with Crippen LogP contribution in [-0.4, -0.2) is 51.0 Å². The van der Waals surface area contributed by atoms with Crippen molar-refractivity contribution in [2.75, 3.05) is 32.9 Å². The highest BCUT2D eigenvalue weighted by molar-refractivity contribution is 5.85. The molecule has 2 heterocycles. The molecule has 0 aliphatic carbocycles. The van der Waals surface area contributed by atoms with Crippen LogP contribution in [0.25, 0.3) is 0 Å². The van der Waals surface area contributed by atoms with Crippen molar-refractivity contribution in [3.05, 3.63) is 0 Å². The molecule has 112 valence electrons. The van der Waals surface area contributed by atoms with E-state index in [1.807, 2.05) is 6.92 Å². The van der Waals surface area contributed by atoms with E-state index in [1.165, 1.54) is 0 Å². The number of carbonyl (C=O) groups is 1. The van der Waals surface area contributed by atoms with E-state index in [1.54, 1.807) is 0 Å². The number of ether oxygens (including phenoxy) is 2. The second kappa shape index (κ2) is 8.74. The van der Waals surface area contributed by atoms with Gasteiger partial charge in [0.15, 0.2) is 0 Å². The molecule has 2 N–H and O–H groups in total. The maximum atomic E-state index is 12.0. The molecule has 2 aliphatic heterocycles. The Labute approximate surface area is 121 Å². The Bertz CT molecular complexity index is 273. The third-order valence-electron chi connectivity index (χ3n) is 3.79. The predicted octanol–water partition coefficient (Wildman–Crippen LogP) is 0.718. The van der Waals surface area contributed by atoms with Crippen molar-refractivity contribution >= 4 is 18.3 Å². The van der Waals surface area contributed by atoms with Crippen LogP contribution in [0.2, 0.25) is 0 Å². The molecule has 0 saturated carbocycles. The van der Waals surface area contributed by atoms with Gasteiger partial charge >= 0.3 is 0 Å². The van der Waals surface area contributed by atoms with E-state index < -0.39 is 0 Å². The maximum Gasteiger partial charge on any atom is 0.239 e. The summed E-state index contributed by atoms with van der Waals surface area (Å²) in [5.74, 6) is 0.765. The molecule has 2 rings (SSSR count). The molecule has 2 saturated heterocycles. The van der Waals surface area contributed by atoms with Gasteiger partial charge in [-0.25, -0.2) is 0 Å². The van der Waals surface area contributed by atoms with Crippen LogP contribution in [0.4, 0.5) is 0 Å². The van der Waals surface area contributed by atoms with Crippen molar-refractivity contribution in [3.63, 3.8) is 0 Å². The average molecular weight is 293 g/mol. The monoisotopic (exact) mass is 292 g/mol. The van der Waals surface area contributed by atoms with Crippen LogP contribution in [0.5, 0.6) is 0 Å². The number of hydrogen-bond donors (Lipinski definition) is 2. The normalized spacial score (nSPS) is 28.5. The lowest BCUT2D eigenvalue weighted by Crippen LogP contribution is -2.55. The lowest BCUT2D eigenvalue weighted by molar-refractivity contribution is -0.128. The van der Waals surface area contributed by atoms with E-state index in [9.17, 15) is 4.79 Å². The summed E-state index contributed by atoms with van der Waals surface area (Å²) in [6.07, 6.45) is 3.26. The lowest BCUT2D eigenvalue weighted by atomic mass is 9.96. The molecule has 19 heavy (non-hydrogen) atoms. The minimum absolute atomic E-state index is 0. The maximum absolute atomic E-state index is 12.0. The van der Waals surface area contributed by atoms with Crippen molar-refractivity contribution in [1.82, 2.24) is 10.6 Å². The molecule has 0 aromatic heterocycles. The van der Waals surface area contributed by atoms with Crippen LogP contribution in [0.1, 0.15) is 26.2 Å². The van der Waals surface area contributed by atoms with Gasteiger partial charge in [0, 0.05) is 26.3 Å². The molecular formula is C13H25ClN2O3. The van der Waals surface area contributed by atoms with Gasteiger partial charge in [0.2, 0.25) is 5.91 Å². The number of carbonyl (C=O) groups excluding carboxylic acids is 1. The second-order valence-electron chi connectivity index (χ2n) is 5.14. The van der Waals surface area contributed by atoms with Gasteiger partial charge in [-0.3, -0.25) is 4.79 Å². The van der Waals surface area contributed by atoms with Crippen molar-refractivity contribution in [3.8, 4) is 0 Å². The molecule has 1 amide bonds. The highest BCUT2D eigenvalue weighted by Crippen LogP contribution is 2.17. The number of hydrogen-bond acceptors (Lipinski definition) is 4. The van der Waals surface area contributed by atoms with Gasteiger partial charge in [0.1, 0.15) is 6.04 Å². The quantitative estimate of drug-likeness (QED) is 0.802.